The first-order chi connectivity index (χ1) is 10.3. The zero-order valence-electron chi connectivity index (χ0n) is 12.0. The molecule has 21 heavy (non-hydrogen) atoms. The second-order valence-electron chi connectivity index (χ2n) is 4.58. The van der Waals surface area contributed by atoms with Crippen molar-refractivity contribution in [1.82, 2.24) is 15.6 Å². The maximum Gasteiger partial charge on any atom is 0.234 e. The molecule has 0 radical (unpaired) electrons. The van der Waals surface area contributed by atoms with Crippen molar-refractivity contribution in [1.29, 1.82) is 0 Å². The number of hydrogen-bond acceptors (Lipinski definition) is 4. The smallest absolute Gasteiger partial charge is 0.234 e. The van der Waals surface area contributed by atoms with Crippen LogP contribution in [0.15, 0.2) is 48.8 Å². The normalized spacial score (nSPS) is 10.1. The zero-order valence-corrected chi connectivity index (χ0v) is 12.0. The molecule has 0 aliphatic heterocycles. The number of amides is 1. The number of carbonyl (C=O) groups is 1. The summed E-state index contributed by atoms with van der Waals surface area (Å²) in [5.41, 5.74) is 2.14. The summed E-state index contributed by atoms with van der Waals surface area (Å²) in [6.45, 7) is 1.45. The van der Waals surface area contributed by atoms with E-state index in [2.05, 4.69) is 15.6 Å². The second kappa shape index (κ2) is 8.01. The largest absolute Gasteiger partial charge is 0.497 e. The minimum atomic E-state index is -0.0275. The summed E-state index contributed by atoms with van der Waals surface area (Å²) in [5, 5.41) is 5.96. The van der Waals surface area contributed by atoms with Crippen LogP contribution in [0.4, 0.5) is 0 Å². The third-order valence-corrected chi connectivity index (χ3v) is 3.01. The van der Waals surface area contributed by atoms with Gasteiger partial charge in [0.1, 0.15) is 5.75 Å². The molecule has 0 saturated carbocycles. The molecule has 2 aromatic rings. The molecule has 0 aliphatic rings. The van der Waals surface area contributed by atoms with E-state index >= 15 is 0 Å². The van der Waals surface area contributed by atoms with Crippen molar-refractivity contribution in [3.05, 3.63) is 59.9 Å². The van der Waals surface area contributed by atoms with Gasteiger partial charge < -0.3 is 15.4 Å². The van der Waals surface area contributed by atoms with Crippen LogP contribution in [0.5, 0.6) is 5.75 Å². The van der Waals surface area contributed by atoms with E-state index in [-0.39, 0.29) is 12.5 Å². The minimum Gasteiger partial charge on any atom is -0.497 e. The Morgan fingerprint density at radius 3 is 2.38 bits per heavy atom. The van der Waals surface area contributed by atoms with Crippen LogP contribution in [0, 0.1) is 0 Å². The number of nitrogens with zero attached hydrogens (tertiary/aromatic N) is 1. The first-order valence-corrected chi connectivity index (χ1v) is 6.77. The van der Waals surface area contributed by atoms with Gasteiger partial charge in [-0.1, -0.05) is 12.1 Å². The lowest BCUT2D eigenvalue weighted by Gasteiger charge is -2.07. The molecule has 0 saturated heterocycles. The van der Waals surface area contributed by atoms with Crippen LogP contribution in [0.2, 0.25) is 0 Å². The third kappa shape index (κ3) is 5.24. The molecular weight excluding hydrogens is 266 g/mol. The van der Waals surface area contributed by atoms with E-state index in [0.717, 1.165) is 16.9 Å². The van der Waals surface area contributed by atoms with Gasteiger partial charge in [0.25, 0.3) is 0 Å². The van der Waals surface area contributed by atoms with Gasteiger partial charge in [-0.25, -0.2) is 0 Å². The van der Waals surface area contributed by atoms with Crippen molar-refractivity contribution in [2.24, 2.45) is 0 Å². The zero-order chi connectivity index (χ0) is 14.9. The molecule has 0 fully saturated rings. The highest BCUT2D eigenvalue weighted by molar-refractivity contribution is 5.77. The quantitative estimate of drug-likeness (QED) is 0.809. The van der Waals surface area contributed by atoms with Crippen LogP contribution < -0.4 is 15.4 Å². The molecule has 0 unspecified atom stereocenters. The van der Waals surface area contributed by atoms with Gasteiger partial charge in [-0.2, -0.15) is 0 Å². The molecule has 2 rings (SSSR count). The van der Waals surface area contributed by atoms with E-state index in [1.165, 1.54) is 0 Å². The fraction of sp³-hybridized carbons (Fsp3) is 0.250. The Labute approximate surface area is 124 Å². The molecular formula is C16H19N3O2. The molecule has 0 bridgehead atoms. The first-order valence-electron chi connectivity index (χ1n) is 6.77. The summed E-state index contributed by atoms with van der Waals surface area (Å²) in [5.74, 6) is 0.800. The highest BCUT2D eigenvalue weighted by Crippen LogP contribution is 2.10. The van der Waals surface area contributed by atoms with Gasteiger partial charge in [0, 0.05) is 25.5 Å². The van der Waals surface area contributed by atoms with E-state index in [1.54, 1.807) is 19.5 Å². The number of pyridine rings is 1. The van der Waals surface area contributed by atoms with Crippen molar-refractivity contribution in [3.8, 4) is 5.75 Å². The predicted molar refractivity (Wildman–Crippen MR) is 80.8 cm³/mol. The number of methoxy groups -OCH3 is 1. The molecule has 1 aromatic heterocycles. The SMILES string of the molecule is COc1ccc(CNCC(=O)NCc2ccncc2)cc1. The number of ether oxygens (including phenoxy) is 1. The average molecular weight is 285 g/mol. The summed E-state index contributed by atoms with van der Waals surface area (Å²) in [4.78, 5) is 15.6. The van der Waals surface area contributed by atoms with Gasteiger partial charge in [-0.3, -0.25) is 9.78 Å². The first kappa shape index (κ1) is 15.0. The highest BCUT2D eigenvalue weighted by Gasteiger charge is 2.01. The summed E-state index contributed by atoms with van der Waals surface area (Å²) >= 11 is 0. The molecule has 0 spiro atoms. The molecule has 110 valence electrons. The molecule has 1 aromatic carbocycles. The van der Waals surface area contributed by atoms with Crippen LogP contribution in [0.1, 0.15) is 11.1 Å². The molecule has 0 atom stereocenters. The van der Waals surface area contributed by atoms with Crippen LogP contribution in [-0.2, 0) is 17.9 Å². The number of nitrogens with one attached hydrogen (secondary N) is 2. The molecule has 5 heteroatoms. The van der Waals surface area contributed by atoms with Gasteiger partial charge in [0.15, 0.2) is 0 Å². The Hall–Kier alpha value is -2.40. The summed E-state index contributed by atoms with van der Waals surface area (Å²) in [6, 6.07) is 11.5. The Kier molecular flexibility index (Phi) is 5.72. The molecule has 1 amide bonds. The van der Waals surface area contributed by atoms with Crippen LogP contribution in [0.25, 0.3) is 0 Å². The molecule has 2 N–H and O–H groups in total. The number of rotatable bonds is 7. The van der Waals surface area contributed by atoms with Crippen molar-refractivity contribution in [2.75, 3.05) is 13.7 Å². The molecule has 5 nitrogen and oxygen atoms in total. The second-order valence-corrected chi connectivity index (χ2v) is 4.58. The number of hydrogen-bond donors (Lipinski definition) is 2. The fourth-order valence-electron chi connectivity index (χ4n) is 1.83. The van der Waals surface area contributed by atoms with Crippen LogP contribution in [0.3, 0.4) is 0 Å². The minimum absolute atomic E-state index is 0.0275. The van der Waals surface area contributed by atoms with Crippen molar-refractivity contribution in [2.45, 2.75) is 13.1 Å². The topological polar surface area (TPSA) is 63.2 Å². The lowest BCUT2D eigenvalue weighted by molar-refractivity contribution is -0.120. The van der Waals surface area contributed by atoms with Crippen molar-refractivity contribution < 1.29 is 9.53 Å². The summed E-state index contributed by atoms with van der Waals surface area (Å²) in [7, 11) is 1.64. The van der Waals surface area contributed by atoms with E-state index in [4.69, 9.17) is 4.74 Å². The Morgan fingerprint density at radius 2 is 1.71 bits per heavy atom. The predicted octanol–water partition coefficient (Wildman–Crippen LogP) is 1.50. The molecule has 0 aliphatic carbocycles. The maximum atomic E-state index is 11.7. The lowest BCUT2D eigenvalue weighted by atomic mass is 10.2. The maximum absolute atomic E-state index is 11.7. The van der Waals surface area contributed by atoms with Crippen molar-refractivity contribution in [3.63, 3.8) is 0 Å². The van der Waals surface area contributed by atoms with E-state index in [9.17, 15) is 4.79 Å². The Bertz CT molecular complexity index is 555. The lowest BCUT2D eigenvalue weighted by Crippen LogP contribution is -2.33. The van der Waals surface area contributed by atoms with E-state index < -0.39 is 0 Å². The van der Waals surface area contributed by atoms with Crippen LogP contribution in [-0.4, -0.2) is 24.5 Å². The summed E-state index contributed by atoms with van der Waals surface area (Å²) < 4.78 is 5.10. The van der Waals surface area contributed by atoms with Gasteiger partial charge in [-0.15, -0.1) is 0 Å². The third-order valence-electron chi connectivity index (χ3n) is 3.01. The van der Waals surface area contributed by atoms with Gasteiger partial charge >= 0.3 is 0 Å². The summed E-state index contributed by atoms with van der Waals surface area (Å²) in [6.07, 6.45) is 3.42. The monoisotopic (exact) mass is 285 g/mol. The van der Waals surface area contributed by atoms with Gasteiger partial charge in [0.2, 0.25) is 5.91 Å². The van der Waals surface area contributed by atoms with Gasteiger partial charge in [0.05, 0.1) is 13.7 Å². The Balaban J connectivity index is 1.66. The van der Waals surface area contributed by atoms with E-state index in [0.29, 0.717) is 13.1 Å². The fourth-order valence-corrected chi connectivity index (χ4v) is 1.83. The standard InChI is InChI=1S/C16H19N3O2/c1-21-15-4-2-13(3-5-15)10-18-12-16(20)19-11-14-6-8-17-9-7-14/h2-9,18H,10-12H2,1H3,(H,19,20). The van der Waals surface area contributed by atoms with Gasteiger partial charge in [-0.05, 0) is 35.4 Å². The van der Waals surface area contributed by atoms with Crippen molar-refractivity contribution >= 4 is 5.91 Å². The molecule has 1 heterocycles. The Morgan fingerprint density at radius 1 is 1.05 bits per heavy atom. The number of aromatic nitrogens is 1. The number of benzene rings is 1. The average Bonchev–Trinajstić information content (AvgIpc) is 2.54. The van der Waals surface area contributed by atoms with Crippen LogP contribution >= 0.6 is 0 Å². The highest BCUT2D eigenvalue weighted by atomic mass is 16.5. The number of carbonyl (C=O) groups excluding carboxylic acids is 1. The van der Waals surface area contributed by atoms with E-state index in [1.807, 2.05) is 36.4 Å².